The van der Waals surface area contributed by atoms with Gasteiger partial charge < -0.3 is 4.74 Å². The highest BCUT2D eigenvalue weighted by Crippen LogP contribution is 2.35. The number of fused-ring (bicyclic) bond motifs is 3. The van der Waals surface area contributed by atoms with Gasteiger partial charge in [-0.1, -0.05) is 32.4 Å². The molecule has 2 aromatic carbocycles. The second-order valence-corrected chi connectivity index (χ2v) is 7.97. The highest BCUT2D eigenvalue weighted by Gasteiger charge is 2.18. The fourth-order valence-corrected chi connectivity index (χ4v) is 3.53. The molecule has 0 aliphatic heterocycles. The predicted molar refractivity (Wildman–Crippen MR) is 109 cm³/mol. The van der Waals surface area contributed by atoms with Gasteiger partial charge in [-0.25, -0.2) is 4.98 Å². The van der Waals surface area contributed by atoms with E-state index in [2.05, 4.69) is 60.7 Å². The van der Waals surface area contributed by atoms with Gasteiger partial charge in [-0.15, -0.1) is 0 Å². The van der Waals surface area contributed by atoms with Gasteiger partial charge in [0.15, 0.2) is 0 Å². The Kier molecular flexibility index (Phi) is 3.92. The summed E-state index contributed by atoms with van der Waals surface area (Å²) in [5.41, 5.74) is 3.43. The number of rotatable bonds is 2. The lowest BCUT2D eigenvalue weighted by molar-refractivity contribution is 0.415. The molecule has 0 amide bonds. The number of hydrogen-bond donors (Lipinski definition) is 0. The maximum atomic E-state index is 6.27. The summed E-state index contributed by atoms with van der Waals surface area (Å²) >= 11 is 6.27. The summed E-state index contributed by atoms with van der Waals surface area (Å²) in [5.74, 6) is 1.72. The average Bonchev–Trinajstić information content (AvgIpc) is 2.93. The van der Waals surface area contributed by atoms with Crippen LogP contribution in [0.25, 0.3) is 27.6 Å². The number of hydrogen-bond acceptors (Lipinski definition) is 2. The number of halogens is 1. The van der Waals surface area contributed by atoms with Crippen molar-refractivity contribution in [1.82, 2.24) is 9.55 Å². The molecule has 2 aromatic heterocycles. The molecule has 2 heterocycles. The number of pyridine rings is 1. The van der Waals surface area contributed by atoms with E-state index in [-0.39, 0.29) is 5.41 Å². The zero-order valence-corrected chi connectivity index (χ0v) is 16.1. The van der Waals surface area contributed by atoms with Crippen molar-refractivity contribution >= 4 is 33.4 Å². The Morgan fingerprint density at radius 1 is 0.923 bits per heavy atom. The van der Waals surface area contributed by atoms with Crippen molar-refractivity contribution in [2.75, 3.05) is 7.11 Å². The van der Waals surface area contributed by atoms with Gasteiger partial charge in [-0.2, -0.15) is 0 Å². The van der Waals surface area contributed by atoms with E-state index in [1.807, 2.05) is 24.4 Å². The standard InChI is InChI=1S/C22H21ClN2O/c1-22(2,3)14-9-10-24-21(11-14)25-19-8-5-15(23)12-18(19)17-7-6-16(26-4)13-20(17)25/h5-13H,1-4H3. The molecule has 0 atom stereocenters. The smallest absolute Gasteiger partial charge is 0.137 e. The van der Waals surface area contributed by atoms with E-state index in [9.17, 15) is 0 Å². The number of aromatic nitrogens is 2. The van der Waals surface area contributed by atoms with Crippen molar-refractivity contribution in [3.8, 4) is 11.6 Å². The summed E-state index contributed by atoms with van der Waals surface area (Å²) in [6.45, 7) is 6.63. The first-order valence-corrected chi connectivity index (χ1v) is 9.01. The van der Waals surface area contributed by atoms with Crippen molar-refractivity contribution in [2.45, 2.75) is 26.2 Å². The summed E-state index contributed by atoms with van der Waals surface area (Å²) in [6, 6.07) is 16.3. The number of nitrogens with zero attached hydrogens (tertiary/aromatic N) is 2. The summed E-state index contributed by atoms with van der Waals surface area (Å²) < 4.78 is 7.63. The Balaban J connectivity index is 2.10. The molecular formula is C22H21ClN2O. The van der Waals surface area contributed by atoms with Crippen molar-refractivity contribution in [3.63, 3.8) is 0 Å². The highest BCUT2D eigenvalue weighted by atomic mass is 35.5. The van der Waals surface area contributed by atoms with E-state index >= 15 is 0 Å². The first-order chi connectivity index (χ1) is 12.4. The van der Waals surface area contributed by atoms with Crippen LogP contribution < -0.4 is 4.74 Å². The SMILES string of the molecule is COc1ccc2c3cc(Cl)ccc3n(-c3cc(C(C)(C)C)ccn3)c2c1. The van der Waals surface area contributed by atoms with Gasteiger partial charge in [0.2, 0.25) is 0 Å². The van der Waals surface area contributed by atoms with Crippen molar-refractivity contribution in [3.05, 3.63) is 65.3 Å². The minimum atomic E-state index is 0.0530. The van der Waals surface area contributed by atoms with Crippen molar-refractivity contribution in [2.24, 2.45) is 0 Å². The summed E-state index contributed by atoms with van der Waals surface area (Å²) in [5, 5.41) is 2.97. The lowest BCUT2D eigenvalue weighted by Gasteiger charge is -2.20. The highest BCUT2D eigenvalue weighted by molar-refractivity contribution is 6.32. The zero-order chi connectivity index (χ0) is 18.5. The van der Waals surface area contributed by atoms with E-state index in [4.69, 9.17) is 16.3 Å². The molecule has 0 fully saturated rings. The molecule has 0 N–H and O–H groups in total. The van der Waals surface area contributed by atoms with Gasteiger partial charge in [-0.3, -0.25) is 4.57 Å². The first kappa shape index (κ1) is 16.9. The quantitative estimate of drug-likeness (QED) is 0.427. The molecule has 4 heteroatoms. The molecule has 0 saturated carbocycles. The molecule has 0 aliphatic rings. The molecule has 132 valence electrons. The average molecular weight is 365 g/mol. The molecule has 3 nitrogen and oxygen atoms in total. The van der Waals surface area contributed by atoms with Crippen LogP contribution in [0.15, 0.2) is 54.7 Å². The van der Waals surface area contributed by atoms with Crippen LogP contribution in [-0.4, -0.2) is 16.7 Å². The predicted octanol–water partition coefficient (Wildman–Crippen LogP) is 6.14. The topological polar surface area (TPSA) is 27.1 Å². The van der Waals surface area contributed by atoms with Crippen LogP contribution in [0.1, 0.15) is 26.3 Å². The molecular weight excluding hydrogens is 344 g/mol. The van der Waals surface area contributed by atoms with Crippen LogP contribution >= 0.6 is 11.6 Å². The molecule has 26 heavy (non-hydrogen) atoms. The summed E-state index contributed by atoms with van der Waals surface area (Å²) in [6.07, 6.45) is 1.88. The zero-order valence-electron chi connectivity index (χ0n) is 15.4. The van der Waals surface area contributed by atoms with Gasteiger partial charge in [0.1, 0.15) is 11.6 Å². The van der Waals surface area contributed by atoms with Crippen LogP contribution in [0, 0.1) is 0 Å². The fraction of sp³-hybridized carbons (Fsp3) is 0.227. The molecule has 0 aliphatic carbocycles. The third-order valence-corrected chi connectivity index (χ3v) is 5.01. The largest absolute Gasteiger partial charge is 0.497 e. The minimum absolute atomic E-state index is 0.0530. The third-order valence-electron chi connectivity index (χ3n) is 4.78. The van der Waals surface area contributed by atoms with E-state index in [0.29, 0.717) is 0 Å². The van der Waals surface area contributed by atoms with Gasteiger partial charge in [-0.05, 0) is 53.4 Å². The molecule has 4 aromatic rings. The first-order valence-electron chi connectivity index (χ1n) is 8.63. The molecule has 0 radical (unpaired) electrons. The monoisotopic (exact) mass is 364 g/mol. The maximum absolute atomic E-state index is 6.27. The second kappa shape index (κ2) is 6.03. The second-order valence-electron chi connectivity index (χ2n) is 7.53. The Morgan fingerprint density at radius 2 is 1.73 bits per heavy atom. The van der Waals surface area contributed by atoms with Crippen molar-refractivity contribution in [1.29, 1.82) is 0 Å². The third kappa shape index (κ3) is 2.73. The Labute approximate surface area is 158 Å². The van der Waals surface area contributed by atoms with Gasteiger partial charge in [0.25, 0.3) is 0 Å². The van der Waals surface area contributed by atoms with E-state index in [1.165, 1.54) is 5.56 Å². The Bertz CT molecular complexity index is 1120. The van der Waals surface area contributed by atoms with Gasteiger partial charge in [0.05, 0.1) is 18.1 Å². The molecule has 0 saturated heterocycles. The minimum Gasteiger partial charge on any atom is -0.497 e. The van der Waals surface area contributed by atoms with Crippen LogP contribution in [0.3, 0.4) is 0 Å². The fourth-order valence-electron chi connectivity index (χ4n) is 3.35. The summed E-state index contributed by atoms with van der Waals surface area (Å²) in [7, 11) is 1.68. The van der Waals surface area contributed by atoms with E-state index in [0.717, 1.165) is 38.4 Å². The Morgan fingerprint density at radius 3 is 2.46 bits per heavy atom. The van der Waals surface area contributed by atoms with E-state index < -0.39 is 0 Å². The van der Waals surface area contributed by atoms with Crippen LogP contribution in [0.5, 0.6) is 5.75 Å². The van der Waals surface area contributed by atoms with Gasteiger partial charge >= 0.3 is 0 Å². The van der Waals surface area contributed by atoms with Crippen LogP contribution in [0.2, 0.25) is 5.02 Å². The molecule has 0 bridgehead atoms. The lowest BCUT2D eigenvalue weighted by Crippen LogP contribution is -2.12. The number of methoxy groups -OCH3 is 1. The number of benzene rings is 2. The normalized spacial score (nSPS) is 12.0. The summed E-state index contributed by atoms with van der Waals surface area (Å²) in [4.78, 5) is 4.66. The maximum Gasteiger partial charge on any atom is 0.137 e. The van der Waals surface area contributed by atoms with Crippen molar-refractivity contribution < 1.29 is 4.74 Å². The van der Waals surface area contributed by atoms with Crippen LogP contribution in [-0.2, 0) is 5.41 Å². The lowest BCUT2D eigenvalue weighted by atomic mass is 9.88. The van der Waals surface area contributed by atoms with Gasteiger partial charge in [0, 0.05) is 28.1 Å². The molecule has 4 rings (SSSR count). The molecule has 0 spiro atoms. The van der Waals surface area contributed by atoms with Crippen LogP contribution in [0.4, 0.5) is 0 Å². The Hall–Kier alpha value is -2.52. The molecule has 0 unspecified atom stereocenters. The van der Waals surface area contributed by atoms with E-state index in [1.54, 1.807) is 7.11 Å². The number of ether oxygens (including phenoxy) is 1.